The van der Waals surface area contributed by atoms with Crippen LogP contribution in [0, 0.1) is 12.8 Å². The second kappa shape index (κ2) is 7.97. The molecule has 8 heteroatoms. The third kappa shape index (κ3) is 3.76. The summed E-state index contributed by atoms with van der Waals surface area (Å²) in [6, 6.07) is 2.37. The van der Waals surface area contributed by atoms with Crippen LogP contribution in [0.3, 0.4) is 0 Å². The SMILES string of the molecule is Cc1c2c(nn1C1CCNC(C)(C)C1)-c1cnccc1OC21CCN(C(=O)NCC2CC2)CC1. The number of nitrogens with one attached hydrogen (secondary N) is 2. The van der Waals surface area contributed by atoms with Crippen molar-refractivity contribution in [1.29, 1.82) is 0 Å². The molecule has 5 heterocycles. The number of pyridine rings is 1. The second-order valence-electron chi connectivity index (χ2n) is 11.3. The topological polar surface area (TPSA) is 84.3 Å². The van der Waals surface area contributed by atoms with Crippen LogP contribution >= 0.6 is 0 Å². The number of hydrogen-bond acceptors (Lipinski definition) is 5. The third-order valence-corrected chi connectivity index (χ3v) is 8.22. The molecule has 1 aliphatic carbocycles. The molecule has 1 unspecified atom stereocenters. The highest BCUT2D eigenvalue weighted by Gasteiger charge is 2.48. The Morgan fingerprint density at radius 3 is 2.79 bits per heavy atom. The lowest BCUT2D eigenvalue weighted by Gasteiger charge is -2.44. The number of urea groups is 1. The number of carbonyl (C=O) groups excluding carboxylic acids is 1. The number of amides is 2. The van der Waals surface area contributed by atoms with Crippen LogP contribution < -0.4 is 15.4 Å². The molecule has 1 atom stereocenters. The largest absolute Gasteiger partial charge is 0.481 e. The Kier molecular flexibility index (Phi) is 5.13. The first-order valence-corrected chi connectivity index (χ1v) is 12.9. The molecule has 2 aromatic rings. The van der Waals surface area contributed by atoms with Crippen molar-refractivity contribution >= 4 is 6.03 Å². The van der Waals surface area contributed by atoms with Crippen LogP contribution in [-0.2, 0) is 5.60 Å². The lowest BCUT2D eigenvalue weighted by atomic mass is 9.79. The van der Waals surface area contributed by atoms with E-state index in [0.717, 1.165) is 55.8 Å². The fourth-order valence-electron chi connectivity index (χ4n) is 6.16. The quantitative estimate of drug-likeness (QED) is 0.723. The second-order valence-corrected chi connectivity index (χ2v) is 11.3. The molecule has 0 bridgehead atoms. The van der Waals surface area contributed by atoms with Gasteiger partial charge in [-0.2, -0.15) is 5.10 Å². The predicted molar refractivity (Wildman–Crippen MR) is 130 cm³/mol. The molecule has 0 aromatic carbocycles. The predicted octanol–water partition coefficient (Wildman–Crippen LogP) is 3.76. The van der Waals surface area contributed by atoms with Crippen molar-refractivity contribution in [2.24, 2.45) is 5.92 Å². The molecule has 6 rings (SSSR count). The Bertz CT molecular complexity index is 1100. The van der Waals surface area contributed by atoms with Gasteiger partial charge in [-0.05, 0) is 65.0 Å². The molecule has 4 aliphatic rings. The summed E-state index contributed by atoms with van der Waals surface area (Å²) in [4.78, 5) is 19.1. The molecule has 2 N–H and O–H groups in total. The Hall–Kier alpha value is -2.61. The van der Waals surface area contributed by atoms with Gasteiger partial charge in [0.2, 0.25) is 0 Å². The van der Waals surface area contributed by atoms with E-state index in [1.54, 1.807) is 6.20 Å². The lowest BCUT2D eigenvalue weighted by molar-refractivity contribution is 0.00440. The van der Waals surface area contributed by atoms with Crippen LogP contribution in [-0.4, -0.2) is 57.4 Å². The molecule has 182 valence electrons. The number of nitrogens with zero attached hydrogens (tertiary/aromatic N) is 4. The number of carbonyl (C=O) groups is 1. The molecule has 2 saturated heterocycles. The zero-order valence-corrected chi connectivity index (χ0v) is 20.6. The van der Waals surface area contributed by atoms with Gasteiger partial charge in [-0.25, -0.2) is 4.79 Å². The number of rotatable bonds is 3. The summed E-state index contributed by atoms with van der Waals surface area (Å²) in [5.74, 6) is 1.53. The Morgan fingerprint density at radius 1 is 1.26 bits per heavy atom. The first-order chi connectivity index (χ1) is 16.4. The minimum atomic E-state index is -0.457. The highest BCUT2D eigenvalue weighted by atomic mass is 16.5. The number of likely N-dealkylation sites (tertiary alicyclic amines) is 1. The van der Waals surface area contributed by atoms with Crippen LogP contribution in [0.4, 0.5) is 4.79 Å². The standard InChI is InChI=1S/C26H36N6O2/c1-17-22-23(30-32(17)19-6-11-29-25(2,3)14-19)20-16-27-10-7-21(20)34-26(22)8-12-31(13-9-26)24(33)28-15-18-4-5-18/h7,10,16,18-19,29H,4-6,8-9,11-15H2,1-3H3,(H,28,33). The van der Waals surface area contributed by atoms with Gasteiger partial charge in [-0.15, -0.1) is 0 Å². The van der Waals surface area contributed by atoms with E-state index in [1.807, 2.05) is 17.2 Å². The van der Waals surface area contributed by atoms with Crippen LogP contribution in [0.1, 0.15) is 69.7 Å². The van der Waals surface area contributed by atoms with Gasteiger partial charge < -0.3 is 20.3 Å². The van der Waals surface area contributed by atoms with Crippen molar-refractivity contribution in [3.63, 3.8) is 0 Å². The zero-order chi connectivity index (χ0) is 23.5. The minimum absolute atomic E-state index is 0.0618. The molecule has 0 radical (unpaired) electrons. The average molecular weight is 465 g/mol. The number of ether oxygens (including phenoxy) is 1. The summed E-state index contributed by atoms with van der Waals surface area (Å²) < 4.78 is 9.04. The maximum absolute atomic E-state index is 12.7. The van der Waals surface area contributed by atoms with E-state index in [1.165, 1.54) is 24.1 Å². The Morgan fingerprint density at radius 2 is 2.06 bits per heavy atom. The van der Waals surface area contributed by atoms with E-state index < -0.39 is 5.60 Å². The van der Waals surface area contributed by atoms with Gasteiger partial charge in [-0.3, -0.25) is 9.67 Å². The first kappa shape index (κ1) is 21.9. The monoisotopic (exact) mass is 464 g/mol. The number of fused-ring (bicyclic) bond motifs is 4. The van der Waals surface area contributed by atoms with Crippen molar-refractivity contribution in [2.45, 2.75) is 76.5 Å². The summed E-state index contributed by atoms with van der Waals surface area (Å²) in [7, 11) is 0. The molecule has 34 heavy (non-hydrogen) atoms. The molecule has 1 spiro atoms. The molecular weight excluding hydrogens is 428 g/mol. The summed E-state index contributed by atoms with van der Waals surface area (Å²) >= 11 is 0. The summed E-state index contributed by atoms with van der Waals surface area (Å²) in [6.45, 7) is 9.90. The van der Waals surface area contributed by atoms with E-state index in [-0.39, 0.29) is 11.6 Å². The van der Waals surface area contributed by atoms with Crippen molar-refractivity contribution < 1.29 is 9.53 Å². The minimum Gasteiger partial charge on any atom is -0.481 e. The van der Waals surface area contributed by atoms with Crippen molar-refractivity contribution in [3.8, 4) is 17.0 Å². The van der Waals surface area contributed by atoms with Crippen LogP contribution in [0.15, 0.2) is 18.5 Å². The lowest BCUT2D eigenvalue weighted by Crippen LogP contribution is -2.51. The van der Waals surface area contributed by atoms with E-state index in [2.05, 4.69) is 41.1 Å². The van der Waals surface area contributed by atoms with E-state index >= 15 is 0 Å². The summed E-state index contributed by atoms with van der Waals surface area (Å²) in [5.41, 5.74) is 4.01. The van der Waals surface area contributed by atoms with E-state index in [4.69, 9.17) is 9.84 Å². The van der Waals surface area contributed by atoms with Gasteiger partial charge in [0.1, 0.15) is 17.0 Å². The van der Waals surface area contributed by atoms with Gasteiger partial charge in [0, 0.05) is 61.7 Å². The number of piperidine rings is 2. The molecule has 8 nitrogen and oxygen atoms in total. The van der Waals surface area contributed by atoms with Gasteiger partial charge in [-0.1, -0.05) is 0 Å². The Labute approximate surface area is 201 Å². The smallest absolute Gasteiger partial charge is 0.317 e. The highest BCUT2D eigenvalue weighted by Crippen LogP contribution is 2.51. The number of hydrogen-bond donors (Lipinski definition) is 2. The fourth-order valence-corrected chi connectivity index (χ4v) is 6.16. The van der Waals surface area contributed by atoms with E-state index in [9.17, 15) is 4.79 Å². The van der Waals surface area contributed by atoms with Crippen LogP contribution in [0.5, 0.6) is 5.75 Å². The fraction of sp³-hybridized carbons (Fsp3) is 0.654. The molecule has 1 saturated carbocycles. The molecule has 2 aromatic heterocycles. The summed E-state index contributed by atoms with van der Waals surface area (Å²) in [5, 5.41) is 12.0. The van der Waals surface area contributed by atoms with Crippen molar-refractivity contribution in [2.75, 3.05) is 26.2 Å². The first-order valence-electron chi connectivity index (χ1n) is 12.9. The maximum Gasteiger partial charge on any atom is 0.317 e. The molecular formula is C26H36N6O2. The van der Waals surface area contributed by atoms with Gasteiger partial charge >= 0.3 is 6.03 Å². The molecule has 3 fully saturated rings. The van der Waals surface area contributed by atoms with Crippen molar-refractivity contribution in [1.82, 2.24) is 30.3 Å². The van der Waals surface area contributed by atoms with Gasteiger partial charge in [0.05, 0.1) is 11.6 Å². The normalized spacial score (nSPS) is 24.8. The summed E-state index contributed by atoms with van der Waals surface area (Å²) in [6.07, 6.45) is 9.79. The average Bonchev–Trinajstić information content (AvgIpc) is 3.58. The molecule has 2 amide bonds. The van der Waals surface area contributed by atoms with Crippen LogP contribution in [0.25, 0.3) is 11.3 Å². The van der Waals surface area contributed by atoms with E-state index in [0.29, 0.717) is 25.0 Å². The third-order valence-electron chi connectivity index (χ3n) is 8.22. The van der Waals surface area contributed by atoms with Crippen LogP contribution in [0.2, 0.25) is 0 Å². The highest BCUT2D eigenvalue weighted by molar-refractivity contribution is 5.75. The van der Waals surface area contributed by atoms with Gasteiger partial charge in [0.25, 0.3) is 0 Å². The van der Waals surface area contributed by atoms with Gasteiger partial charge in [0.15, 0.2) is 0 Å². The number of aromatic nitrogens is 3. The Balaban J connectivity index is 1.32. The molecule has 3 aliphatic heterocycles. The maximum atomic E-state index is 12.7. The zero-order valence-electron chi connectivity index (χ0n) is 20.6. The van der Waals surface area contributed by atoms with Crippen molar-refractivity contribution in [3.05, 3.63) is 29.7 Å².